The molecule has 0 radical (unpaired) electrons. The molecule has 1 saturated heterocycles. The van der Waals surface area contributed by atoms with E-state index in [-0.39, 0.29) is 10.9 Å². The van der Waals surface area contributed by atoms with Crippen molar-refractivity contribution in [3.8, 4) is 0 Å². The minimum atomic E-state index is -3.52. The second kappa shape index (κ2) is 7.95. The van der Waals surface area contributed by atoms with E-state index in [1.807, 2.05) is 37.4 Å². The summed E-state index contributed by atoms with van der Waals surface area (Å²) in [5, 5.41) is 0. The SMILES string of the molecule is CN(Cc1ccccc1)C1SCCN1S(=O)(=O)c1ccc(C(C)(C)C)cc1. The van der Waals surface area contributed by atoms with E-state index < -0.39 is 10.0 Å². The molecule has 0 saturated carbocycles. The Morgan fingerprint density at radius 2 is 1.70 bits per heavy atom. The van der Waals surface area contributed by atoms with Crippen molar-refractivity contribution in [3.05, 3.63) is 65.7 Å². The van der Waals surface area contributed by atoms with Gasteiger partial charge in [0, 0.05) is 18.8 Å². The van der Waals surface area contributed by atoms with E-state index in [4.69, 9.17) is 0 Å². The summed E-state index contributed by atoms with van der Waals surface area (Å²) in [6, 6.07) is 17.5. The first-order valence-electron chi connectivity index (χ1n) is 9.18. The summed E-state index contributed by atoms with van der Waals surface area (Å²) < 4.78 is 28.1. The average molecular weight is 405 g/mol. The van der Waals surface area contributed by atoms with Gasteiger partial charge in [-0.15, -0.1) is 11.8 Å². The largest absolute Gasteiger partial charge is 0.277 e. The summed E-state index contributed by atoms with van der Waals surface area (Å²) in [7, 11) is -1.53. The Balaban J connectivity index is 1.80. The van der Waals surface area contributed by atoms with Gasteiger partial charge in [-0.25, -0.2) is 8.42 Å². The third kappa shape index (κ3) is 4.57. The quantitative estimate of drug-likeness (QED) is 0.751. The Bertz CT molecular complexity index is 859. The summed E-state index contributed by atoms with van der Waals surface area (Å²) in [4.78, 5) is 2.48. The molecule has 1 aliphatic rings. The summed E-state index contributed by atoms with van der Waals surface area (Å²) >= 11 is 1.68. The maximum Gasteiger partial charge on any atom is 0.245 e. The van der Waals surface area contributed by atoms with Gasteiger partial charge < -0.3 is 0 Å². The van der Waals surface area contributed by atoms with Crippen LogP contribution in [0.2, 0.25) is 0 Å². The lowest BCUT2D eigenvalue weighted by Gasteiger charge is -2.31. The second-order valence-electron chi connectivity index (χ2n) is 7.99. The Morgan fingerprint density at radius 3 is 2.30 bits per heavy atom. The predicted molar refractivity (Wildman–Crippen MR) is 113 cm³/mol. The van der Waals surface area contributed by atoms with Crippen molar-refractivity contribution in [2.24, 2.45) is 0 Å². The lowest BCUT2D eigenvalue weighted by Crippen LogP contribution is -2.43. The van der Waals surface area contributed by atoms with Crippen molar-refractivity contribution in [2.45, 2.75) is 43.1 Å². The fourth-order valence-electron chi connectivity index (χ4n) is 3.24. The van der Waals surface area contributed by atoms with E-state index in [0.29, 0.717) is 18.0 Å². The predicted octanol–water partition coefficient (Wildman–Crippen LogP) is 4.14. The Labute approximate surface area is 167 Å². The van der Waals surface area contributed by atoms with Gasteiger partial charge in [0.05, 0.1) is 4.90 Å². The van der Waals surface area contributed by atoms with Crippen molar-refractivity contribution in [1.82, 2.24) is 9.21 Å². The van der Waals surface area contributed by atoms with Gasteiger partial charge in [0.1, 0.15) is 5.50 Å². The zero-order valence-electron chi connectivity index (χ0n) is 16.4. The molecule has 1 heterocycles. The molecule has 146 valence electrons. The maximum atomic E-state index is 13.2. The third-order valence-electron chi connectivity index (χ3n) is 4.80. The van der Waals surface area contributed by atoms with E-state index in [9.17, 15) is 8.42 Å². The molecule has 0 bridgehead atoms. The van der Waals surface area contributed by atoms with Gasteiger partial charge in [-0.1, -0.05) is 63.2 Å². The summed E-state index contributed by atoms with van der Waals surface area (Å²) in [5.41, 5.74) is 2.14. The van der Waals surface area contributed by atoms with Crippen molar-refractivity contribution in [3.63, 3.8) is 0 Å². The zero-order valence-corrected chi connectivity index (χ0v) is 18.1. The number of nitrogens with zero attached hydrogens (tertiary/aromatic N) is 2. The van der Waals surface area contributed by atoms with Crippen LogP contribution in [0.3, 0.4) is 0 Å². The van der Waals surface area contributed by atoms with Crippen LogP contribution < -0.4 is 0 Å². The smallest absolute Gasteiger partial charge is 0.245 e. The van der Waals surface area contributed by atoms with Gasteiger partial charge in [0.2, 0.25) is 10.0 Å². The van der Waals surface area contributed by atoms with E-state index in [1.165, 1.54) is 5.56 Å². The number of thioether (sulfide) groups is 1. The van der Waals surface area contributed by atoms with Crippen molar-refractivity contribution in [1.29, 1.82) is 0 Å². The molecule has 0 N–H and O–H groups in total. The number of rotatable bonds is 5. The molecule has 1 unspecified atom stereocenters. The maximum absolute atomic E-state index is 13.2. The first-order valence-corrected chi connectivity index (χ1v) is 11.7. The van der Waals surface area contributed by atoms with E-state index >= 15 is 0 Å². The second-order valence-corrected chi connectivity index (χ2v) is 11.0. The first-order chi connectivity index (χ1) is 12.7. The third-order valence-corrected chi connectivity index (χ3v) is 8.14. The molecule has 2 aromatic carbocycles. The normalized spacial score (nSPS) is 18.9. The molecule has 0 spiro atoms. The lowest BCUT2D eigenvalue weighted by atomic mass is 9.87. The molecule has 0 aliphatic carbocycles. The van der Waals surface area contributed by atoms with Crippen LogP contribution in [0.15, 0.2) is 59.5 Å². The molecule has 0 amide bonds. The summed E-state index contributed by atoms with van der Waals surface area (Å²) in [6.07, 6.45) is 0. The Morgan fingerprint density at radius 1 is 1.07 bits per heavy atom. The minimum absolute atomic E-state index is 0.00419. The van der Waals surface area contributed by atoms with Gasteiger partial charge in [-0.3, -0.25) is 4.90 Å². The zero-order chi connectivity index (χ0) is 19.7. The summed E-state index contributed by atoms with van der Waals surface area (Å²) in [6.45, 7) is 7.64. The van der Waals surface area contributed by atoms with E-state index in [0.717, 1.165) is 11.3 Å². The molecule has 0 aromatic heterocycles. The van der Waals surface area contributed by atoms with Crippen LogP contribution in [-0.4, -0.2) is 42.5 Å². The average Bonchev–Trinajstić information content (AvgIpc) is 3.13. The van der Waals surface area contributed by atoms with Crippen LogP contribution in [-0.2, 0) is 22.0 Å². The fraction of sp³-hybridized carbons (Fsp3) is 0.429. The fourth-order valence-corrected chi connectivity index (χ4v) is 6.47. The minimum Gasteiger partial charge on any atom is -0.277 e. The highest BCUT2D eigenvalue weighted by atomic mass is 32.2. The van der Waals surface area contributed by atoms with Crippen LogP contribution in [0.1, 0.15) is 31.9 Å². The molecule has 6 heteroatoms. The highest BCUT2D eigenvalue weighted by Gasteiger charge is 2.38. The Kier molecular flexibility index (Phi) is 6.01. The Hall–Kier alpha value is -1.34. The van der Waals surface area contributed by atoms with Crippen LogP contribution >= 0.6 is 11.8 Å². The highest BCUT2D eigenvalue weighted by Crippen LogP contribution is 2.33. The molecule has 4 nitrogen and oxygen atoms in total. The van der Waals surface area contributed by atoms with Crippen LogP contribution in [0.4, 0.5) is 0 Å². The van der Waals surface area contributed by atoms with Crippen molar-refractivity contribution >= 4 is 21.8 Å². The van der Waals surface area contributed by atoms with Gasteiger partial charge in [-0.05, 0) is 35.7 Å². The number of benzene rings is 2. The van der Waals surface area contributed by atoms with Gasteiger partial charge >= 0.3 is 0 Å². The molecule has 27 heavy (non-hydrogen) atoms. The van der Waals surface area contributed by atoms with Gasteiger partial charge in [0.25, 0.3) is 0 Å². The lowest BCUT2D eigenvalue weighted by molar-refractivity contribution is 0.209. The van der Waals surface area contributed by atoms with Gasteiger partial charge in [-0.2, -0.15) is 4.31 Å². The number of hydrogen-bond acceptors (Lipinski definition) is 4. The highest BCUT2D eigenvalue weighted by molar-refractivity contribution is 8.01. The van der Waals surface area contributed by atoms with E-state index in [2.05, 4.69) is 37.8 Å². The monoisotopic (exact) mass is 404 g/mol. The molecule has 1 fully saturated rings. The molecule has 2 aromatic rings. The van der Waals surface area contributed by atoms with Gasteiger partial charge in [0.15, 0.2) is 0 Å². The number of sulfonamides is 1. The molecule has 1 atom stereocenters. The van der Waals surface area contributed by atoms with Crippen molar-refractivity contribution in [2.75, 3.05) is 19.3 Å². The van der Waals surface area contributed by atoms with Crippen LogP contribution in [0, 0.1) is 0 Å². The molecule has 3 rings (SSSR count). The first kappa shape index (κ1) is 20.4. The van der Waals surface area contributed by atoms with Crippen LogP contribution in [0.5, 0.6) is 0 Å². The standard InChI is InChI=1S/C21H28N2O2S2/c1-21(2,3)18-10-12-19(13-11-18)27(24,25)23-14-15-26-20(23)22(4)16-17-8-6-5-7-9-17/h5-13,20H,14-16H2,1-4H3. The molecule has 1 aliphatic heterocycles. The summed E-state index contributed by atoms with van der Waals surface area (Å²) in [5.74, 6) is 0.809. The molecular formula is C21H28N2O2S2. The van der Waals surface area contributed by atoms with Crippen molar-refractivity contribution < 1.29 is 8.42 Å². The number of hydrogen-bond donors (Lipinski definition) is 0. The van der Waals surface area contributed by atoms with Crippen LogP contribution in [0.25, 0.3) is 0 Å². The topological polar surface area (TPSA) is 40.6 Å². The van der Waals surface area contributed by atoms with E-state index in [1.54, 1.807) is 28.2 Å². The molecular weight excluding hydrogens is 376 g/mol.